The Morgan fingerprint density at radius 2 is 2.11 bits per heavy atom. The summed E-state index contributed by atoms with van der Waals surface area (Å²) in [5.74, 6) is 0.543. The summed E-state index contributed by atoms with van der Waals surface area (Å²) in [6.45, 7) is 5.69. The minimum Gasteiger partial charge on any atom is -0.303 e. The van der Waals surface area contributed by atoms with Gasteiger partial charge >= 0.3 is 0 Å². The van der Waals surface area contributed by atoms with Crippen molar-refractivity contribution in [3.05, 3.63) is 29.8 Å². The van der Waals surface area contributed by atoms with Gasteiger partial charge in [-0.05, 0) is 62.5 Å². The van der Waals surface area contributed by atoms with Gasteiger partial charge < -0.3 is 9.45 Å². The zero-order chi connectivity index (χ0) is 13.0. The molecule has 0 spiro atoms. The second-order valence-corrected chi connectivity index (χ2v) is 5.91. The number of nitrogens with zero attached hydrogens (tertiary/aromatic N) is 1. The van der Waals surface area contributed by atoms with E-state index in [0.717, 1.165) is 25.9 Å². The summed E-state index contributed by atoms with van der Waals surface area (Å²) in [7, 11) is 0. The Labute approximate surface area is 111 Å². The quantitative estimate of drug-likeness (QED) is 0.853. The van der Waals surface area contributed by atoms with Gasteiger partial charge in [0.05, 0.1) is 4.90 Å². The molecule has 1 fully saturated rings. The van der Waals surface area contributed by atoms with Gasteiger partial charge in [0, 0.05) is 0 Å². The fourth-order valence-electron chi connectivity index (χ4n) is 2.68. The summed E-state index contributed by atoms with van der Waals surface area (Å²) in [4.78, 5) is 3.02. The lowest BCUT2D eigenvalue weighted by Gasteiger charge is -2.32. The molecule has 1 heterocycles. The SMILES string of the molecule is CCCN1CCC(c2cccc(S(=O)O)c2)CC1. The monoisotopic (exact) mass is 267 g/mol. The van der Waals surface area contributed by atoms with Gasteiger partial charge in [0.1, 0.15) is 0 Å². The molecule has 4 heteroatoms. The van der Waals surface area contributed by atoms with E-state index in [1.807, 2.05) is 12.1 Å². The van der Waals surface area contributed by atoms with Gasteiger partial charge in [0.25, 0.3) is 0 Å². The van der Waals surface area contributed by atoms with E-state index in [9.17, 15) is 4.21 Å². The number of hydrogen-bond acceptors (Lipinski definition) is 2. The van der Waals surface area contributed by atoms with Crippen LogP contribution in [0.2, 0.25) is 0 Å². The largest absolute Gasteiger partial charge is 0.303 e. The van der Waals surface area contributed by atoms with Crippen LogP contribution in [-0.4, -0.2) is 33.3 Å². The zero-order valence-corrected chi connectivity index (χ0v) is 11.7. The summed E-state index contributed by atoms with van der Waals surface area (Å²) < 4.78 is 20.2. The average molecular weight is 267 g/mol. The maximum Gasteiger partial charge on any atom is 0.186 e. The summed E-state index contributed by atoms with van der Waals surface area (Å²) in [6.07, 6.45) is 3.52. The van der Waals surface area contributed by atoms with E-state index >= 15 is 0 Å². The first-order valence-corrected chi connectivity index (χ1v) is 7.74. The highest BCUT2D eigenvalue weighted by atomic mass is 32.2. The van der Waals surface area contributed by atoms with Crippen molar-refractivity contribution >= 4 is 11.1 Å². The molecular weight excluding hydrogens is 246 g/mol. The first-order valence-electron chi connectivity index (χ1n) is 6.64. The van der Waals surface area contributed by atoms with Crippen LogP contribution in [0.1, 0.15) is 37.7 Å². The van der Waals surface area contributed by atoms with Gasteiger partial charge in [-0.15, -0.1) is 0 Å². The molecule has 1 unspecified atom stereocenters. The molecule has 0 bridgehead atoms. The van der Waals surface area contributed by atoms with Crippen LogP contribution in [0.15, 0.2) is 29.2 Å². The molecule has 1 N–H and O–H groups in total. The Kier molecular flexibility index (Phi) is 4.92. The Balaban J connectivity index is 2.01. The smallest absolute Gasteiger partial charge is 0.186 e. The highest BCUT2D eigenvalue weighted by Crippen LogP contribution is 2.28. The van der Waals surface area contributed by atoms with Crippen molar-refractivity contribution in [1.29, 1.82) is 0 Å². The molecule has 18 heavy (non-hydrogen) atoms. The third kappa shape index (κ3) is 3.40. The van der Waals surface area contributed by atoms with Crippen LogP contribution >= 0.6 is 0 Å². The van der Waals surface area contributed by atoms with Crippen molar-refractivity contribution in [3.8, 4) is 0 Å². The number of likely N-dealkylation sites (tertiary alicyclic amines) is 1. The molecule has 100 valence electrons. The van der Waals surface area contributed by atoms with Crippen molar-refractivity contribution in [3.63, 3.8) is 0 Å². The highest BCUT2D eigenvalue weighted by molar-refractivity contribution is 7.79. The van der Waals surface area contributed by atoms with Crippen molar-refractivity contribution < 1.29 is 8.76 Å². The van der Waals surface area contributed by atoms with Gasteiger partial charge in [-0.25, -0.2) is 4.21 Å². The number of hydrogen-bond donors (Lipinski definition) is 1. The average Bonchev–Trinajstić information content (AvgIpc) is 2.40. The molecule has 1 aliphatic rings. The van der Waals surface area contributed by atoms with Crippen molar-refractivity contribution in [2.75, 3.05) is 19.6 Å². The second kappa shape index (κ2) is 6.45. The third-order valence-corrected chi connectivity index (χ3v) is 4.32. The number of rotatable bonds is 4. The van der Waals surface area contributed by atoms with E-state index in [-0.39, 0.29) is 0 Å². The van der Waals surface area contributed by atoms with Crippen LogP contribution < -0.4 is 0 Å². The summed E-state index contributed by atoms with van der Waals surface area (Å²) in [5, 5.41) is 0. The molecular formula is C14H21NO2S. The molecule has 1 atom stereocenters. The van der Waals surface area contributed by atoms with E-state index in [4.69, 9.17) is 4.55 Å². The van der Waals surface area contributed by atoms with Crippen LogP contribution in [0.3, 0.4) is 0 Å². The van der Waals surface area contributed by atoms with Crippen LogP contribution in [0.25, 0.3) is 0 Å². The Hall–Kier alpha value is -0.710. The maximum absolute atomic E-state index is 11.1. The zero-order valence-electron chi connectivity index (χ0n) is 10.8. The molecule has 1 saturated heterocycles. The van der Waals surface area contributed by atoms with Gasteiger partial charge in [-0.2, -0.15) is 0 Å². The molecule has 0 saturated carbocycles. The second-order valence-electron chi connectivity index (χ2n) is 4.94. The molecule has 0 amide bonds. The highest BCUT2D eigenvalue weighted by Gasteiger charge is 2.20. The normalized spacial score (nSPS) is 19.9. The van der Waals surface area contributed by atoms with Gasteiger partial charge in [-0.1, -0.05) is 19.1 Å². The lowest BCUT2D eigenvalue weighted by Crippen LogP contribution is -2.33. The van der Waals surface area contributed by atoms with Crippen LogP contribution in [0, 0.1) is 0 Å². The summed E-state index contributed by atoms with van der Waals surface area (Å²) in [5.41, 5.74) is 1.21. The summed E-state index contributed by atoms with van der Waals surface area (Å²) in [6, 6.07) is 7.57. The molecule has 3 nitrogen and oxygen atoms in total. The first-order chi connectivity index (χ1) is 8.70. The number of benzene rings is 1. The minimum atomic E-state index is -1.86. The molecule has 0 aliphatic carbocycles. The molecule has 2 rings (SSSR count). The van der Waals surface area contributed by atoms with Crippen LogP contribution in [0.4, 0.5) is 0 Å². The van der Waals surface area contributed by atoms with Crippen LogP contribution in [-0.2, 0) is 11.1 Å². The molecule has 1 aromatic carbocycles. The van der Waals surface area contributed by atoms with Crippen LogP contribution in [0.5, 0.6) is 0 Å². The van der Waals surface area contributed by atoms with Crippen molar-refractivity contribution in [1.82, 2.24) is 4.90 Å². The Morgan fingerprint density at radius 3 is 2.72 bits per heavy atom. The standard InChI is InChI=1S/C14H21NO2S/c1-2-8-15-9-6-12(7-10-15)13-4-3-5-14(11-13)18(16)17/h3-5,11-12H,2,6-10H2,1H3,(H,16,17). The number of piperidine rings is 1. The van der Waals surface area contributed by atoms with E-state index < -0.39 is 11.1 Å². The maximum atomic E-state index is 11.1. The fourth-order valence-corrected chi connectivity index (χ4v) is 3.12. The predicted octanol–water partition coefficient (Wildman–Crippen LogP) is 2.86. The van der Waals surface area contributed by atoms with Gasteiger partial charge in [0.2, 0.25) is 0 Å². The minimum absolute atomic E-state index is 0.517. The van der Waals surface area contributed by atoms with E-state index in [0.29, 0.717) is 10.8 Å². The van der Waals surface area contributed by atoms with E-state index in [2.05, 4.69) is 17.9 Å². The lowest BCUT2D eigenvalue weighted by molar-refractivity contribution is 0.212. The fraction of sp³-hybridized carbons (Fsp3) is 0.571. The van der Waals surface area contributed by atoms with E-state index in [1.54, 1.807) is 6.07 Å². The molecule has 1 aromatic rings. The summed E-state index contributed by atoms with van der Waals surface area (Å²) >= 11 is -1.86. The third-order valence-electron chi connectivity index (χ3n) is 3.66. The van der Waals surface area contributed by atoms with Gasteiger partial charge in [0.15, 0.2) is 11.1 Å². The first kappa shape index (κ1) is 13.7. The molecule has 1 aliphatic heterocycles. The van der Waals surface area contributed by atoms with E-state index in [1.165, 1.54) is 18.5 Å². The predicted molar refractivity (Wildman–Crippen MR) is 74.2 cm³/mol. The van der Waals surface area contributed by atoms with Crippen molar-refractivity contribution in [2.24, 2.45) is 0 Å². The topological polar surface area (TPSA) is 40.5 Å². The van der Waals surface area contributed by atoms with Crippen molar-refractivity contribution in [2.45, 2.75) is 37.0 Å². The molecule has 0 radical (unpaired) electrons. The Bertz CT molecular complexity index is 414. The molecule has 0 aromatic heterocycles. The lowest BCUT2D eigenvalue weighted by atomic mass is 9.89. The van der Waals surface area contributed by atoms with Gasteiger partial charge in [-0.3, -0.25) is 0 Å². The Morgan fingerprint density at radius 1 is 1.39 bits per heavy atom.